The van der Waals surface area contributed by atoms with Crippen LogP contribution in [0, 0.1) is 5.92 Å². The number of rotatable bonds is 5. The second kappa shape index (κ2) is 6.98. The smallest absolute Gasteiger partial charge is 0.267 e. The zero-order valence-corrected chi connectivity index (χ0v) is 13.3. The molecule has 2 amide bonds. The van der Waals surface area contributed by atoms with E-state index in [-0.39, 0.29) is 5.91 Å². The first-order chi connectivity index (χ1) is 11.1. The predicted molar refractivity (Wildman–Crippen MR) is 88.1 cm³/mol. The number of carbonyl (C=O) groups is 2. The molecule has 1 saturated heterocycles. The van der Waals surface area contributed by atoms with Crippen molar-refractivity contribution in [3.63, 3.8) is 0 Å². The van der Waals surface area contributed by atoms with E-state index in [1.54, 1.807) is 12.3 Å². The average Bonchev–Trinajstić information content (AvgIpc) is 2.52. The predicted octanol–water partition coefficient (Wildman–Crippen LogP) is 1.46. The Morgan fingerprint density at radius 3 is 2.61 bits per heavy atom. The number of nitrogens with two attached hydrogens (primary N) is 1. The number of hydrogen-bond acceptors (Lipinski definition) is 4. The molecule has 1 aromatic heterocycles. The molecule has 1 aromatic rings. The highest BCUT2D eigenvalue weighted by Crippen LogP contribution is 2.26. The molecule has 3 rings (SSSR count). The van der Waals surface area contributed by atoms with E-state index in [4.69, 9.17) is 5.73 Å². The van der Waals surface area contributed by atoms with Crippen molar-refractivity contribution in [2.45, 2.75) is 44.6 Å². The minimum atomic E-state index is -0.505. The molecule has 0 radical (unpaired) electrons. The Morgan fingerprint density at radius 2 is 2.00 bits per heavy atom. The molecule has 0 atom stereocenters. The summed E-state index contributed by atoms with van der Waals surface area (Å²) < 4.78 is 0. The van der Waals surface area contributed by atoms with Crippen LogP contribution in [0.4, 0.5) is 5.69 Å². The van der Waals surface area contributed by atoms with Crippen molar-refractivity contribution in [3.05, 3.63) is 24.0 Å². The summed E-state index contributed by atoms with van der Waals surface area (Å²) in [6, 6.07) is 4.06. The van der Waals surface area contributed by atoms with Gasteiger partial charge in [0.05, 0.1) is 0 Å². The Kier molecular flexibility index (Phi) is 4.79. The molecule has 2 fully saturated rings. The molecule has 2 heterocycles. The van der Waals surface area contributed by atoms with Crippen molar-refractivity contribution in [3.8, 4) is 0 Å². The maximum atomic E-state index is 12.0. The average molecular weight is 316 g/mol. The highest BCUT2D eigenvalue weighted by Gasteiger charge is 2.24. The number of piperidine rings is 1. The third kappa shape index (κ3) is 4.00. The zero-order chi connectivity index (χ0) is 16.2. The highest BCUT2D eigenvalue weighted by atomic mass is 16.2. The number of pyridine rings is 1. The standard InChI is InChI=1S/C17H24N4O2/c18-17(23)15-11-14(4-7-19-15)21-8-5-12(6-9-21)10-16(22)20-13-2-1-3-13/h4,7,11-13H,1-3,5-6,8-10H2,(H2,18,23)(H,20,22). The van der Waals surface area contributed by atoms with E-state index in [0.29, 0.717) is 24.1 Å². The van der Waals surface area contributed by atoms with Crippen LogP contribution in [0.3, 0.4) is 0 Å². The van der Waals surface area contributed by atoms with Crippen LogP contribution >= 0.6 is 0 Å². The van der Waals surface area contributed by atoms with Gasteiger partial charge in [0.1, 0.15) is 5.69 Å². The molecule has 1 aliphatic carbocycles. The van der Waals surface area contributed by atoms with E-state index >= 15 is 0 Å². The minimum absolute atomic E-state index is 0.202. The van der Waals surface area contributed by atoms with Gasteiger partial charge in [-0.15, -0.1) is 0 Å². The van der Waals surface area contributed by atoms with Crippen molar-refractivity contribution in [2.75, 3.05) is 18.0 Å². The van der Waals surface area contributed by atoms with Gasteiger partial charge in [0, 0.05) is 37.4 Å². The van der Waals surface area contributed by atoms with Gasteiger partial charge in [0.15, 0.2) is 0 Å². The summed E-state index contributed by atoms with van der Waals surface area (Å²) in [6.07, 6.45) is 7.74. The summed E-state index contributed by atoms with van der Waals surface area (Å²) in [6.45, 7) is 1.78. The van der Waals surface area contributed by atoms with Gasteiger partial charge in [-0.05, 0) is 50.2 Å². The fraction of sp³-hybridized carbons (Fsp3) is 0.588. The summed E-state index contributed by atoms with van der Waals surface area (Å²) in [5.74, 6) is 0.145. The number of nitrogens with zero attached hydrogens (tertiary/aromatic N) is 2. The van der Waals surface area contributed by atoms with Crippen molar-refractivity contribution in [2.24, 2.45) is 11.7 Å². The second-order valence-corrected chi connectivity index (χ2v) is 6.59. The molecule has 0 unspecified atom stereocenters. The van der Waals surface area contributed by atoms with Gasteiger partial charge < -0.3 is 16.0 Å². The van der Waals surface area contributed by atoms with E-state index in [9.17, 15) is 9.59 Å². The van der Waals surface area contributed by atoms with Gasteiger partial charge in [0.2, 0.25) is 5.91 Å². The van der Waals surface area contributed by atoms with Crippen LogP contribution in [0.1, 0.15) is 49.0 Å². The van der Waals surface area contributed by atoms with E-state index < -0.39 is 5.91 Å². The van der Waals surface area contributed by atoms with Crippen LogP contribution in [0.2, 0.25) is 0 Å². The van der Waals surface area contributed by atoms with Crippen LogP contribution in [0.5, 0.6) is 0 Å². The van der Waals surface area contributed by atoms with Gasteiger partial charge in [-0.3, -0.25) is 14.6 Å². The number of carbonyl (C=O) groups excluding carboxylic acids is 2. The molecule has 2 aliphatic rings. The van der Waals surface area contributed by atoms with Crippen LogP contribution in [0.15, 0.2) is 18.3 Å². The van der Waals surface area contributed by atoms with Gasteiger partial charge in [0.25, 0.3) is 5.91 Å². The van der Waals surface area contributed by atoms with Crippen molar-refractivity contribution in [1.82, 2.24) is 10.3 Å². The number of hydrogen-bond donors (Lipinski definition) is 2. The minimum Gasteiger partial charge on any atom is -0.371 e. The molecule has 3 N–H and O–H groups in total. The summed E-state index contributed by atoms with van der Waals surface area (Å²) in [5.41, 5.74) is 6.55. The van der Waals surface area contributed by atoms with E-state index in [2.05, 4.69) is 15.2 Å². The number of primary amides is 1. The molecule has 0 spiro atoms. The van der Waals surface area contributed by atoms with E-state index in [0.717, 1.165) is 44.5 Å². The maximum absolute atomic E-state index is 12.0. The second-order valence-electron chi connectivity index (χ2n) is 6.59. The lowest BCUT2D eigenvalue weighted by molar-refractivity contribution is -0.123. The Labute approximate surface area is 136 Å². The monoisotopic (exact) mass is 316 g/mol. The normalized spacial score (nSPS) is 19.2. The van der Waals surface area contributed by atoms with E-state index in [1.807, 2.05) is 6.07 Å². The molecular weight excluding hydrogens is 292 g/mol. The van der Waals surface area contributed by atoms with Crippen LogP contribution in [-0.2, 0) is 4.79 Å². The third-order valence-electron chi connectivity index (χ3n) is 4.92. The van der Waals surface area contributed by atoms with Crippen LogP contribution in [-0.4, -0.2) is 35.9 Å². The summed E-state index contributed by atoms with van der Waals surface area (Å²) in [4.78, 5) is 29.4. The fourth-order valence-corrected chi connectivity index (χ4v) is 3.25. The first-order valence-electron chi connectivity index (χ1n) is 8.42. The molecule has 6 nitrogen and oxygen atoms in total. The van der Waals surface area contributed by atoms with Crippen LogP contribution < -0.4 is 16.0 Å². The summed E-state index contributed by atoms with van der Waals surface area (Å²) >= 11 is 0. The van der Waals surface area contributed by atoms with Crippen molar-refractivity contribution >= 4 is 17.5 Å². The molecule has 0 aromatic carbocycles. The topological polar surface area (TPSA) is 88.3 Å². The van der Waals surface area contributed by atoms with Gasteiger partial charge >= 0.3 is 0 Å². The summed E-state index contributed by atoms with van der Waals surface area (Å²) in [7, 11) is 0. The first kappa shape index (κ1) is 15.8. The number of anilines is 1. The lowest BCUT2D eigenvalue weighted by Gasteiger charge is -2.34. The fourth-order valence-electron chi connectivity index (χ4n) is 3.25. The molecule has 1 aliphatic heterocycles. The van der Waals surface area contributed by atoms with Gasteiger partial charge in [-0.25, -0.2) is 0 Å². The number of nitrogens with one attached hydrogen (secondary N) is 1. The Balaban J connectivity index is 1.49. The molecule has 23 heavy (non-hydrogen) atoms. The van der Waals surface area contributed by atoms with Gasteiger partial charge in [-0.2, -0.15) is 0 Å². The molecule has 0 bridgehead atoms. The van der Waals surface area contributed by atoms with Gasteiger partial charge in [-0.1, -0.05) is 0 Å². The Hall–Kier alpha value is -2.11. The third-order valence-corrected chi connectivity index (χ3v) is 4.92. The van der Waals surface area contributed by atoms with Crippen molar-refractivity contribution < 1.29 is 9.59 Å². The largest absolute Gasteiger partial charge is 0.371 e. The SMILES string of the molecule is NC(=O)c1cc(N2CCC(CC(=O)NC3CCC3)CC2)ccn1. The summed E-state index contributed by atoms with van der Waals surface area (Å²) in [5, 5.41) is 3.11. The molecule has 6 heteroatoms. The maximum Gasteiger partial charge on any atom is 0.267 e. The molecular formula is C17H24N4O2. The highest BCUT2D eigenvalue weighted by molar-refractivity contribution is 5.91. The Morgan fingerprint density at radius 1 is 1.26 bits per heavy atom. The lowest BCUT2D eigenvalue weighted by Crippen LogP contribution is -2.41. The zero-order valence-electron chi connectivity index (χ0n) is 13.3. The number of aromatic nitrogens is 1. The first-order valence-corrected chi connectivity index (χ1v) is 8.42. The molecule has 1 saturated carbocycles. The quantitative estimate of drug-likeness (QED) is 0.860. The Bertz CT molecular complexity index is 578. The van der Waals surface area contributed by atoms with Crippen LogP contribution in [0.25, 0.3) is 0 Å². The van der Waals surface area contributed by atoms with E-state index in [1.165, 1.54) is 6.42 Å². The lowest BCUT2D eigenvalue weighted by atomic mass is 9.90. The molecule has 124 valence electrons. The number of amides is 2. The van der Waals surface area contributed by atoms with Crippen molar-refractivity contribution in [1.29, 1.82) is 0 Å².